The maximum absolute atomic E-state index is 12.9. The SMILES string of the molecule is COc1ccccc1C(=O)Oc1ccccc1/C=N/NC(=O)C(=O)Nc1ccc(F)cc1. The van der Waals surface area contributed by atoms with Crippen LogP contribution in [0, 0.1) is 5.82 Å². The van der Waals surface area contributed by atoms with Crippen molar-refractivity contribution in [2.75, 3.05) is 12.4 Å². The Bertz CT molecular complexity index is 1160. The van der Waals surface area contributed by atoms with E-state index in [1.54, 1.807) is 48.5 Å². The van der Waals surface area contributed by atoms with Gasteiger partial charge < -0.3 is 14.8 Å². The molecule has 0 saturated carbocycles. The Morgan fingerprint density at radius 3 is 2.25 bits per heavy atom. The third-order valence-corrected chi connectivity index (χ3v) is 4.13. The molecule has 0 aromatic heterocycles. The molecule has 3 rings (SSSR count). The first kappa shape index (κ1) is 22.2. The van der Waals surface area contributed by atoms with Gasteiger partial charge in [-0.15, -0.1) is 0 Å². The summed E-state index contributed by atoms with van der Waals surface area (Å²) >= 11 is 0. The average molecular weight is 435 g/mol. The molecule has 0 aliphatic rings. The van der Waals surface area contributed by atoms with Crippen molar-refractivity contribution in [2.45, 2.75) is 0 Å². The second-order valence-corrected chi connectivity index (χ2v) is 6.29. The number of hydrazone groups is 1. The summed E-state index contributed by atoms with van der Waals surface area (Å²) < 4.78 is 23.5. The van der Waals surface area contributed by atoms with Crippen LogP contribution in [0.3, 0.4) is 0 Å². The summed E-state index contributed by atoms with van der Waals surface area (Å²) in [6, 6.07) is 18.0. The molecule has 32 heavy (non-hydrogen) atoms. The van der Waals surface area contributed by atoms with E-state index >= 15 is 0 Å². The zero-order chi connectivity index (χ0) is 22.9. The Kier molecular flexibility index (Phi) is 7.26. The van der Waals surface area contributed by atoms with Crippen LogP contribution in [0.15, 0.2) is 77.9 Å². The number of para-hydroxylation sites is 2. The van der Waals surface area contributed by atoms with E-state index < -0.39 is 23.6 Å². The molecule has 0 spiro atoms. The van der Waals surface area contributed by atoms with Crippen molar-refractivity contribution in [2.24, 2.45) is 5.10 Å². The zero-order valence-corrected chi connectivity index (χ0v) is 16.9. The van der Waals surface area contributed by atoms with Crippen molar-refractivity contribution >= 4 is 29.7 Å². The lowest BCUT2D eigenvalue weighted by Crippen LogP contribution is -2.32. The molecule has 0 radical (unpaired) electrons. The highest BCUT2D eigenvalue weighted by Crippen LogP contribution is 2.22. The maximum atomic E-state index is 12.9. The van der Waals surface area contributed by atoms with Gasteiger partial charge in [0.05, 0.1) is 13.3 Å². The van der Waals surface area contributed by atoms with Gasteiger partial charge in [-0.3, -0.25) is 9.59 Å². The van der Waals surface area contributed by atoms with Crippen LogP contribution in [0.4, 0.5) is 10.1 Å². The first-order valence-corrected chi connectivity index (χ1v) is 9.32. The molecule has 0 aliphatic heterocycles. The highest BCUT2D eigenvalue weighted by molar-refractivity contribution is 6.39. The van der Waals surface area contributed by atoms with E-state index in [1.165, 1.54) is 25.5 Å². The standard InChI is InChI=1S/C23H18FN3O5/c1-31-20-9-5-3-7-18(20)23(30)32-19-8-4-2-6-15(19)14-25-27-22(29)21(28)26-17-12-10-16(24)11-13-17/h2-14H,1H3,(H,26,28)(H,27,29)/b25-14+. The van der Waals surface area contributed by atoms with Crippen molar-refractivity contribution in [3.8, 4) is 11.5 Å². The molecule has 0 fully saturated rings. The molecule has 8 nitrogen and oxygen atoms in total. The Morgan fingerprint density at radius 2 is 1.53 bits per heavy atom. The minimum atomic E-state index is -1.03. The number of anilines is 1. The number of hydrogen-bond acceptors (Lipinski definition) is 6. The Labute approximate surface area is 182 Å². The van der Waals surface area contributed by atoms with Crippen LogP contribution in [0.2, 0.25) is 0 Å². The molecule has 3 aromatic rings. The molecular formula is C23H18FN3O5. The second kappa shape index (κ2) is 10.5. The van der Waals surface area contributed by atoms with Gasteiger partial charge in [0.1, 0.15) is 22.9 Å². The highest BCUT2D eigenvalue weighted by atomic mass is 19.1. The number of ether oxygens (including phenoxy) is 2. The first-order valence-electron chi connectivity index (χ1n) is 9.32. The molecule has 0 atom stereocenters. The molecule has 0 heterocycles. The lowest BCUT2D eigenvalue weighted by atomic mass is 10.2. The molecule has 0 bridgehead atoms. The van der Waals surface area contributed by atoms with E-state index in [0.29, 0.717) is 11.3 Å². The minimum Gasteiger partial charge on any atom is -0.496 e. The van der Waals surface area contributed by atoms with E-state index in [4.69, 9.17) is 9.47 Å². The predicted octanol–water partition coefficient (Wildman–Crippen LogP) is 3.14. The largest absolute Gasteiger partial charge is 0.496 e. The molecule has 162 valence electrons. The third kappa shape index (κ3) is 5.76. The molecule has 0 unspecified atom stereocenters. The fourth-order valence-corrected chi connectivity index (χ4v) is 2.58. The van der Waals surface area contributed by atoms with Crippen LogP contribution in [0.25, 0.3) is 0 Å². The van der Waals surface area contributed by atoms with Crippen LogP contribution in [0.5, 0.6) is 11.5 Å². The van der Waals surface area contributed by atoms with Gasteiger partial charge in [0.15, 0.2) is 0 Å². The summed E-state index contributed by atoms with van der Waals surface area (Å²) in [6.07, 6.45) is 1.23. The number of methoxy groups -OCH3 is 1. The summed E-state index contributed by atoms with van der Waals surface area (Å²) in [5, 5.41) is 6.04. The number of nitrogens with one attached hydrogen (secondary N) is 2. The molecule has 9 heteroatoms. The number of halogens is 1. The monoisotopic (exact) mass is 435 g/mol. The van der Waals surface area contributed by atoms with Crippen LogP contribution < -0.4 is 20.2 Å². The fourth-order valence-electron chi connectivity index (χ4n) is 2.58. The van der Waals surface area contributed by atoms with Crippen molar-refractivity contribution in [3.05, 3.63) is 89.7 Å². The summed E-state index contributed by atoms with van der Waals surface area (Å²) in [5.74, 6) is -2.56. The molecule has 0 saturated heterocycles. The lowest BCUT2D eigenvalue weighted by molar-refractivity contribution is -0.136. The van der Waals surface area contributed by atoms with Gasteiger partial charge in [0, 0.05) is 11.3 Å². The van der Waals surface area contributed by atoms with Crippen molar-refractivity contribution < 1.29 is 28.2 Å². The van der Waals surface area contributed by atoms with Gasteiger partial charge in [0.25, 0.3) is 0 Å². The summed E-state index contributed by atoms with van der Waals surface area (Å²) in [5.41, 5.74) is 2.96. The van der Waals surface area contributed by atoms with Gasteiger partial charge in [-0.25, -0.2) is 14.6 Å². The summed E-state index contributed by atoms with van der Waals surface area (Å²) in [6.45, 7) is 0. The number of benzene rings is 3. The topological polar surface area (TPSA) is 106 Å². The predicted molar refractivity (Wildman–Crippen MR) is 115 cm³/mol. The zero-order valence-electron chi connectivity index (χ0n) is 16.9. The number of esters is 1. The molecule has 2 N–H and O–H groups in total. The number of carbonyl (C=O) groups is 3. The van der Waals surface area contributed by atoms with Gasteiger partial charge in [-0.05, 0) is 48.5 Å². The minimum absolute atomic E-state index is 0.192. The summed E-state index contributed by atoms with van der Waals surface area (Å²) in [7, 11) is 1.45. The number of hydrogen-bond donors (Lipinski definition) is 2. The molecule has 2 amide bonds. The van der Waals surface area contributed by atoms with E-state index in [1.807, 2.05) is 0 Å². The Balaban J connectivity index is 1.64. The number of amides is 2. The number of carbonyl (C=O) groups excluding carboxylic acids is 3. The van der Waals surface area contributed by atoms with E-state index in [-0.39, 0.29) is 17.0 Å². The summed E-state index contributed by atoms with van der Waals surface area (Å²) in [4.78, 5) is 36.3. The van der Waals surface area contributed by atoms with Gasteiger partial charge in [-0.2, -0.15) is 5.10 Å². The van der Waals surface area contributed by atoms with Gasteiger partial charge in [-0.1, -0.05) is 24.3 Å². The average Bonchev–Trinajstić information content (AvgIpc) is 2.81. The molecular weight excluding hydrogens is 417 g/mol. The second-order valence-electron chi connectivity index (χ2n) is 6.29. The van der Waals surface area contributed by atoms with E-state index in [0.717, 1.165) is 12.1 Å². The highest BCUT2D eigenvalue weighted by Gasteiger charge is 2.16. The van der Waals surface area contributed by atoms with Gasteiger partial charge >= 0.3 is 17.8 Å². The van der Waals surface area contributed by atoms with Crippen molar-refractivity contribution in [3.63, 3.8) is 0 Å². The normalized spacial score (nSPS) is 10.4. The van der Waals surface area contributed by atoms with E-state index in [9.17, 15) is 18.8 Å². The quantitative estimate of drug-likeness (QED) is 0.203. The van der Waals surface area contributed by atoms with Crippen LogP contribution >= 0.6 is 0 Å². The van der Waals surface area contributed by atoms with Crippen molar-refractivity contribution in [1.29, 1.82) is 0 Å². The van der Waals surface area contributed by atoms with Crippen molar-refractivity contribution in [1.82, 2.24) is 5.43 Å². The molecule has 3 aromatic carbocycles. The third-order valence-electron chi connectivity index (χ3n) is 4.13. The number of nitrogens with zero attached hydrogens (tertiary/aromatic N) is 1. The van der Waals surface area contributed by atoms with Crippen LogP contribution in [-0.2, 0) is 9.59 Å². The fraction of sp³-hybridized carbons (Fsp3) is 0.0435. The Morgan fingerprint density at radius 1 is 0.875 bits per heavy atom. The number of rotatable bonds is 6. The maximum Gasteiger partial charge on any atom is 0.347 e. The van der Waals surface area contributed by atoms with Gasteiger partial charge in [0.2, 0.25) is 0 Å². The lowest BCUT2D eigenvalue weighted by Gasteiger charge is -2.10. The first-order chi connectivity index (χ1) is 15.5. The molecule has 0 aliphatic carbocycles. The Hall–Kier alpha value is -4.53. The van der Waals surface area contributed by atoms with Crippen LogP contribution in [0.1, 0.15) is 15.9 Å². The van der Waals surface area contributed by atoms with Crippen LogP contribution in [-0.4, -0.2) is 31.1 Å². The smallest absolute Gasteiger partial charge is 0.347 e. The van der Waals surface area contributed by atoms with E-state index in [2.05, 4.69) is 15.8 Å².